The second-order valence-corrected chi connectivity index (χ2v) is 8.02. The number of benzene rings is 1. The van der Waals surface area contributed by atoms with Gasteiger partial charge in [0.25, 0.3) is 0 Å². The summed E-state index contributed by atoms with van der Waals surface area (Å²) in [6.45, 7) is 8.02. The second-order valence-electron chi connectivity index (χ2n) is 5.95. The number of hydrogen-bond acceptors (Lipinski definition) is 4. The lowest BCUT2D eigenvalue weighted by Gasteiger charge is -2.23. The molecule has 126 valence electrons. The van der Waals surface area contributed by atoms with Crippen LogP contribution in [0.3, 0.4) is 0 Å². The van der Waals surface area contributed by atoms with Crippen LogP contribution in [0.25, 0.3) is 0 Å². The fourth-order valence-electron chi connectivity index (χ4n) is 3.46. The summed E-state index contributed by atoms with van der Waals surface area (Å²) in [5, 5.41) is -0.709. The number of hydrogen-bond donors (Lipinski definition) is 0. The number of carbonyl (C=O) groups excluding carboxylic acids is 1. The Morgan fingerprint density at radius 3 is 2.48 bits per heavy atom. The van der Waals surface area contributed by atoms with Gasteiger partial charge in [-0.2, -0.15) is 0 Å². The van der Waals surface area contributed by atoms with Gasteiger partial charge in [0, 0.05) is 0 Å². The normalized spacial score (nSPS) is 24.6. The van der Waals surface area contributed by atoms with Gasteiger partial charge in [-0.05, 0) is 37.8 Å². The van der Waals surface area contributed by atoms with Gasteiger partial charge < -0.3 is 4.74 Å². The summed E-state index contributed by atoms with van der Waals surface area (Å²) in [5.41, 5.74) is 0.616. The third-order valence-corrected chi connectivity index (χ3v) is 6.69. The standard InChI is InChI=1S/C18H24O4S/c1-4-9-15-16(18(19)22-5-2)12-13(3)17(15)23(20,21)14-10-7-6-8-11-14/h6-8,10-11,15-17H,3-5,9,12H2,1-2H3/t15-,16+,17-/m1/s1. The zero-order valence-corrected chi connectivity index (χ0v) is 14.5. The molecule has 5 heteroatoms. The Morgan fingerprint density at radius 2 is 1.91 bits per heavy atom. The summed E-state index contributed by atoms with van der Waals surface area (Å²) in [6.07, 6.45) is 1.87. The van der Waals surface area contributed by atoms with Crippen LogP contribution in [-0.2, 0) is 19.4 Å². The van der Waals surface area contributed by atoms with Crippen molar-refractivity contribution in [2.75, 3.05) is 6.61 Å². The molecule has 0 spiro atoms. The highest BCUT2D eigenvalue weighted by Crippen LogP contribution is 2.44. The zero-order valence-electron chi connectivity index (χ0n) is 13.7. The molecule has 1 aliphatic carbocycles. The molecule has 0 amide bonds. The number of rotatable bonds is 6. The van der Waals surface area contributed by atoms with Crippen LogP contribution < -0.4 is 0 Å². The number of sulfone groups is 1. The third kappa shape index (κ3) is 3.50. The quantitative estimate of drug-likeness (QED) is 0.590. The first-order chi connectivity index (χ1) is 10.9. The van der Waals surface area contributed by atoms with Gasteiger partial charge in [0.15, 0.2) is 9.84 Å². The molecule has 0 aliphatic heterocycles. The lowest BCUT2D eigenvalue weighted by molar-refractivity contribution is -0.149. The van der Waals surface area contributed by atoms with E-state index in [1.165, 1.54) is 0 Å². The molecule has 0 heterocycles. The van der Waals surface area contributed by atoms with Gasteiger partial charge in [0.2, 0.25) is 0 Å². The Morgan fingerprint density at radius 1 is 1.26 bits per heavy atom. The van der Waals surface area contributed by atoms with E-state index >= 15 is 0 Å². The van der Waals surface area contributed by atoms with Gasteiger partial charge >= 0.3 is 5.97 Å². The van der Waals surface area contributed by atoms with Gasteiger partial charge in [0.1, 0.15) is 0 Å². The smallest absolute Gasteiger partial charge is 0.309 e. The molecule has 1 aromatic carbocycles. The second kappa shape index (κ2) is 7.30. The highest BCUT2D eigenvalue weighted by atomic mass is 32.2. The van der Waals surface area contributed by atoms with Gasteiger partial charge in [-0.3, -0.25) is 4.79 Å². The van der Waals surface area contributed by atoms with Crippen molar-refractivity contribution in [3.8, 4) is 0 Å². The van der Waals surface area contributed by atoms with Crippen LogP contribution in [0.1, 0.15) is 33.1 Å². The predicted molar refractivity (Wildman–Crippen MR) is 89.7 cm³/mol. The Bertz CT molecular complexity index is 664. The van der Waals surface area contributed by atoms with E-state index in [-0.39, 0.29) is 16.8 Å². The van der Waals surface area contributed by atoms with Crippen molar-refractivity contribution in [3.05, 3.63) is 42.5 Å². The Hall–Kier alpha value is -1.62. The summed E-state index contributed by atoms with van der Waals surface area (Å²) in [4.78, 5) is 12.5. The van der Waals surface area contributed by atoms with E-state index in [1.807, 2.05) is 6.92 Å². The van der Waals surface area contributed by atoms with E-state index in [0.717, 1.165) is 6.42 Å². The average Bonchev–Trinajstić information content (AvgIpc) is 2.86. The number of esters is 1. The molecule has 1 fully saturated rings. The summed E-state index contributed by atoms with van der Waals surface area (Å²) in [7, 11) is -3.55. The van der Waals surface area contributed by atoms with Crippen LogP contribution in [0.4, 0.5) is 0 Å². The first kappa shape index (κ1) is 17.7. The van der Waals surface area contributed by atoms with E-state index in [1.54, 1.807) is 37.3 Å². The topological polar surface area (TPSA) is 60.4 Å². The van der Waals surface area contributed by atoms with Gasteiger partial charge in [-0.15, -0.1) is 0 Å². The molecular weight excluding hydrogens is 312 g/mol. The SMILES string of the molecule is C=C1C[C@H](C(=O)OCC)[C@@H](CCC)[C@@H]1S(=O)(=O)c1ccccc1. The minimum atomic E-state index is -3.55. The minimum Gasteiger partial charge on any atom is -0.466 e. The molecule has 1 aromatic rings. The van der Waals surface area contributed by atoms with E-state index in [4.69, 9.17) is 4.74 Å². The summed E-state index contributed by atoms with van der Waals surface area (Å²) < 4.78 is 31.2. The molecule has 0 radical (unpaired) electrons. The van der Waals surface area contributed by atoms with Crippen molar-refractivity contribution in [1.82, 2.24) is 0 Å². The fourth-order valence-corrected chi connectivity index (χ4v) is 5.61. The first-order valence-electron chi connectivity index (χ1n) is 8.06. The molecule has 0 aromatic heterocycles. The molecule has 0 N–H and O–H groups in total. The van der Waals surface area contributed by atoms with Crippen molar-refractivity contribution in [2.45, 2.75) is 43.3 Å². The lowest BCUT2D eigenvalue weighted by Crippen LogP contribution is -2.32. The van der Waals surface area contributed by atoms with Gasteiger partial charge in [0.05, 0.1) is 22.7 Å². The van der Waals surface area contributed by atoms with E-state index < -0.39 is 21.0 Å². The lowest BCUT2D eigenvalue weighted by atomic mass is 9.92. The maximum Gasteiger partial charge on any atom is 0.309 e. The van der Waals surface area contributed by atoms with E-state index in [2.05, 4.69) is 6.58 Å². The largest absolute Gasteiger partial charge is 0.466 e. The van der Waals surface area contributed by atoms with Crippen molar-refractivity contribution in [2.24, 2.45) is 11.8 Å². The third-order valence-electron chi connectivity index (χ3n) is 4.41. The summed E-state index contributed by atoms with van der Waals surface area (Å²) >= 11 is 0. The molecule has 1 saturated carbocycles. The number of ether oxygens (including phenoxy) is 1. The van der Waals surface area contributed by atoms with Crippen LogP contribution >= 0.6 is 0 Å². The Labute approximate surface area is 138 Å². The highest BCUT2D eigenvalue weighted by Gasteiger charge is 2.49. The van der Waals surface area contributed by atoms with Crippen LogP contribution in [0, 0.1) is 11.8 Å². The summed E-state index contributed by atoms with van der Waals surface area (Å²) in [5.74, 6) is -0.986. The van der Waals surface area contributed by atoms with Crippen molar-refractivity contribution >= 4 is 15.8 Å². The molecule has 1 aliphatic rings. The molecule has 3 atom stereocenters. The zero-order chi connectivity index (χ0) is 17.0. The monoisotopic (exact) mass is 336 g/mol. The average molecular weight is 336 g/mol. The summed E-state index contributed by atoms with van der Waals surface area (Å²) in [6, 6.07) is 8.41. The van der Waals surface area contributed by atoms with Crippen LogP contribution in [0.2, 0.25) is 0 Å². The van der Waals surface area contributed by atoms with Crippen LogP contribution in [0.5, 0.6) is 0 Å². The van der Waals surface area contributed by atoms with Crippen molar-refractivity contribution in [3.63, 3.8) is 0 Å². The van der Waals surface area contributed by atoms with Crippen LogP contribution in [0.15, 0.2) is 47.4 Å². The van der Waals surface area contributed by atoms with Gasteiger partial charge in [-0.25, -0.2) is 8.42 Å². The fraction of sp³-hybridized carbons (Fsp3) is 0.500. The Balaban J connectivity index is 2.40. The highest BCUT2D eigenvalue weighted by molar-refractivity contribution is 7.92. The molecule has 23 heavy (non-hydrogen) atoms. The first-order valence-corrected chi connectivity index (χ1v) is 9.61. The van der Waals surface area contributed by atoms with Crippen molar-refractivity contribution < 1.29 is 17.9 Å². The van der Waals surface area contributed by atoms with E-state index in [9.17, 15) is 13.2 Å². The van der Waals surface area contributed by atoms with E-state index in [0.29, 0.717) is 25.0 Å². The van der Waals surface area contributed by atoms with Gasteiger partial charge in [-0.1, -0.05) is 43.7 Å². The molecule has 0 bridgehead atoms. The minimum absolute atomic E-state index is 0.267. The predicted octanol–water partition coefficient (Wildman–Crippen LogP) is 3.38. The maximum absolute atomic E-state index is 13.0. The van der Waals surface area contributed by atoms with Crippen molar-refractivity contribution in [1.29, 1.82) is 0 Å². The maximum atomic E-state index is 13.0. The molecular formula is C18H24O4S. The molecule has 0 unspecified atom stereocenters. The molecule has 0 saturated heterocycles. The number of carbonyl (C=O) groups is 1. The van der Waals surface area contributed by atoms with Crippen LogP contribution in [-0.4, -0.2) is 26.2 Å². The molecule has 2 rings (SSSR count). The molecule has 4 nitrogen and oxygen atoms in total. The Kier molecular flexibility index (Phi) is 5.63.